The van der Waals surface area contributed by atoms with Crippen LogP contribution in [0, 0.1) is 0 Å². The molecule has 0 fully saturated rings. The molecule has 0 atom stereocenters. The number of fused-ring (bicyclic) bond motifs is 1. The number of hydrogen-bond acceptors (Lipinski definition) is 9. The third kappa shape index (κ3) is 2.04. The Balaban J connectivity index is 1.62. The molecule has 0 saturated heterocycles. The first-order chi connectivity index (χ1) is 9.88. The summed E-state index contributed by atoms with van der Waals surface area (Å²) < 4.78 is 6.92. The molecule has 0 radical (unpaired) electrons. The van der Waals surface area contributed by atoms with E-state index in [0.717, 1.165) is 4.88 Å². The van der Waals surface area contributed by atoms with Crippen molar-refractivity contribution < 1.29 is 4.42 Å². The summed E-state index contributed by atoms with van der Waals surface area (Å²) in [5.74, 6) is 0.506. The molecule has 4 aromatic rings. The third-order valence-corrected chi connectivity index (χ3v) is 4.00. The molecule has 10 heteroatoms. The second kappa shape index (κ2) is 4.65. The molecule has 4 heterocycles. The van der Waals surface area contributed by atoms with E-state index in [0.29, 0.717) is 21.8 Å². The van der Waals surface area contributed by atoms with E-state index < -0.39 is 0 Å². The summed E-state index contributed by atoms with van der Waals surface area (Å²) in [7, 11) is 0. The first-order valence-electron chi connectivity index (χ1n) is 5.49. The highest BCUT2D eigenvalue weighted by Gasteiger charge is 2.12. The fraction of sp³-hybridized carbons (Fsp3) is 0. The van der Waals surface area contributed by atoms with Crippen LogP contribution < -0.4 is 0 Å². The van der Waals surface area contributed by atoms with Gasteiger partial charge in [-0.25, -0.2) is 0 Å². The Morgan fingerprint density at radius 1 is 1.15 bits per heavy atom. The Morgan fingerprint density at radius 3 is 3.05 bits per heavy atom. The average molecular weight is 303 g/mol. The van der Waals surface area contributed by atoms with Crippen LogP contribution in [0.5, 0.6) is 0 Å². The Kier molecular flexibility index (Phi) is 2.67. The van der Waals surface area contributed by atoms with Crippen molar-refractivity contribution in [2.45, 2.75) is 10.2 Å². The van der Waals surface area contributed by atoms with Crippen molar-refractivity contribution in [2.24, 2.45) is 0 Å². The molecule has 4 rings (SSSR count). The molecule has 0 unspecified atom stereocenters. The molecule has 0 aliphatic rings. The Morgan fingerprint density at radius 2 is 2.15 bits per heavy atom. The van der Waals surface area contributed by atoms with Gasteiger partial charge in [0.2, 0.25) is 0 Å². The topological polar surface area (TPSA) is 94.9 Å². The lowest BCUT2D eigenvalue weighted by Gasteiger charge is -1.94. The Bertz CT molecular complexity index is 853. The highest BCUT2D eigenvalue weighted by atomic mass is 32.2. The van der Waals surface area contributed by atoms with Crippen molar-refractivity contribution in [3.63, 3.8) is 0 Å². The third-order valence-electron chi connectivity index (χ3n) is 2.38. The standard InChI is InChI=1S/C10H5N7OS2/c1-2-6(19-5-1)9-12-13-10(18-9)20-8-4-3-7-11-15-16-17(7)14-8/h1-5H. The molecule has 0 aliphatic carbocycles. The van der Waals surface area contributed by atoms with Crippen LogP contribution in [0.15, 0.2) is 44.3 Å². The van der Waals surface area contributed by atoms with Crippen LogP contribution in [0.3, 0.4) is 0 Å². The predicted octanol–water partition coefficient (Wildman–Crippen LogP) is 1.78. The number of aromatic nitrogens is 7. The minimum atomic E-state index is 0.424. The van der Waals surface area contributed by atoms with Gasteiger partial charge < -0.3 is 4.42 Å². The van der Waals surface area contributed by atoms with Crippen molar-refractivity contribution >= 4 is 28.7 Å². The fourth-order valence-electron chi connectivity index (χ4n) is 1.53. The van der Waals surface area contributed by atoms with Crippen molar-refractivity contribution in [1.82, 2.24) is 35.5 Å². The Hall–Kier alpha value is -2.33. The number of rotatable bonds is 3. The van der Waals surface area contributed by atoms with Gasteiger partial charge in [0, 0.05) is 0 Å². The van der Waals surface area contributed by atoms with Crippen LogP contribution in [-0.2, 0) is 0 Å². The average Bonchev–Trinajstić information content (AvgIpc) is 3.19. The maximum Gasteiger partial charge on any atom is 0.283 e. The minimum Gasteiger partial charge on any atom is -0.410 e. The summed E-state index contributed by atoms with van der Waals surface area (Å²) in [6.45, 7) is 0. The molecular weight excluding hydrogens is 298 g/mol. The molecular formula is C10H5N7OS2. The van der Waals surface area contributed by atoms with Crippen LogP contribution in [-0.4, -0.2) is 35.5 Å². The zero-order chi connectivity index (χ0) is 13.4. The lowest BCUT2D eigenvalue weighted by Crippen LogP contribution is -1.95. The summed E-state index contributed by atoms with van der Waals surface area (Å²) >= 11 is 2.81. The smallest absolute Gasteiger partial charge is 0.283 e. The normalized spacial score (nSPS) is 11.2. The molecule has 0 N–H and O–H groups in total. The summed E-state index contributed by atoms with van der Waals surface area (Å²) in [5.41, 5.74) is 0.583. The van der Waals surface area contributed by atoms with Crippen molar-refractivity contribution in [1.29, 1.82) is 0 Å². The number of nitrogens with zero attached hydrogens (tertiary/aromatic N) is 7. The van der Waals surface area contributed by atoms with E-state index in [-0.39, 0.29) is 0 Å². The van der Waals surface area contributed by atoms with Crippen LogP contribution in [0.4, 0.5) is 0 Å². The zero-order valence-corrected chi connectivity index (χ0v) is 11.4. The monoisotopic (exact) mass is 303 g/mol. The van der Waals surface area contributed by atoms with Gasteiger partial charge in [0.05, 0.1) is 4.88 Å². The maximum absolute atomic E-state index is 5.58. The molecule has 20 heavy (non-hydrogen) atoms. The van der Waals surface area contributed by atoms with Crippen molar-refractivity contribution in [2.75, 3.05) is 0 Å². The van der Waals surface area contributed by atoms with E-state index in [9.17, 15) is 0 Å². The highest BCUT2D eigenvalue weighted by Crippen LogP contribution is 2.29. The molecule has 8 nitrogen and oxygen atoms in total. The molecule has 0 amide bonds. The van der Waals surface area contributed by atoms with E-state index in [4.69, 9.17) is 4.42 Å². The van der Waals surface area contributed by atoms with Gasteiger partial charge in [-0.2, -0.15) is 0 Å². The SMILES string of the molecule is c1csc(-c2nnc(Sc3ccc4nnnn4n3)o2)c1. The van der Waals surface area contributed by atoms with Crippen LogP contribution in [0.2, 0.25) is 0 Å². The summed E-state index contributed by atoms with van der Waals surface area (Å²) in [5, 5.41) is 26.3. The van der Waals surface area contributed by atoms with Gasteiger partial charge in [-0.1, -0.05) is 6.07 Å². The molecule has 98 valence electrons. The molecule has 0 aromatic carbocycles. The first-order valence-corrected chi connectivity index (χ1v) is 7.19. The molecule has 0 bridgehead atoms. The van der Waals surface area contributed by atoms with Crippen LogP contribution >= 0.6 is 23.1 Å². The second-order valence-electron chi connectivity index (χ2n) is 3.65. The largest absolute Gasteiger partial charge is 0.410 e. The Labute approximate surface area is 119 Å². The maximum atomic E-state index is 5.58. The van der Waals surface area contributed by atoms with Gasteiger partial charge >= 0.3 is 0 Å². The molecule has 0 aliphatic heterocycles. The molecule has 4 aromatic heterocycles. The lowest BCUT2D eigenvalue weighted by atomic mass is 10.5. The van der Waals surface area contributed by atoms with Gasteiger partial charge in [0.25, 0.3) is 11.1 Å². The van der Waals surface area contributed by atoms with E-state index in [2.05, 4.69) is 30.8 Å². The fourth-order valence-corrected chi connectivity index (χ4v) is 2.81. The lowest BCUT2D eigenvalue weighted by molar-refractivity contribution is 0.466. The summed E-state index contributed by atoms with van der Waals surface area (Å²) in [4.78, 5) is 0.938. The van der Waals surface area contributed by atoms with E-state index in [1.807, 2.05) is 17.5 Å². The minimum absolute atomic E-state index is 0.424. The number of hydrogen-bond donors (Lipinski definition) is 0. The van der Waals surface area contributed by atoms with E-state index in [1.165, 1.54) is 16.4 Å². The van der Waals surface area contributed by atoms with Crippen LogP contribution in [0.1, 0.15) is 0 Å². The summed E-state index contributed by atoms with van der Waals surface area (Å²) in [6.07, 6.45) is 0. The van der Waals surface area contributed by atoms with E-state index in [1.54, 1.807) is 23.5 Å². The van der Waals surface area contributed by atoms with Gasteiger partial charge in [-0.05, 0) is 45.8 Å². The van der Waals surface area contributed by atoms with Crippen molar-refractivity contribution in [3.05, 3.63) is 29.6 Å². The van der Waals surface area contributed by atoms with Crippen LogP contribution in [0.25, 0.3) is 16.4 Å². The van der Waals surface area contributed by atoms with Gasteiger partial charge in [-0.15, -0.1) is 36.4 Å². The van der Waals surface area contributed by atoms with Crippen molar-refractivity contribution in [3.8, 4) is 10.8 Å². The number of thiophene rings is 1. The first kappa shape index (κ1) is 11.5. The van der Waals surface area contributed by atoms with E-state index >= 15 is 0 Å². The quantitative estimate of drug-likeness (QED) is 0.565. The number of tetrazole rings is 1. The summed E-state index contributed by atoms with van der Waals surface area (Å²) in [6, 6.07) is 7.43. The zero-order valence-electron chi connectivity index (χ0n) is 9.74. The van der Waals surface area contributed by atoms with Gasteiger partial charge in [-0.3, -0.25) is 0 Å². The van der Waals surface area contributed by atoms with Gasteiger partial charge in [0.15, 0.2) is 5.65 Å². The molecule has 0 spiro atoms. The van der Waals surface area contributed by atoms with Gasteiger partial charge in [0.1, 0.15) is 5.03 Å². The predicted molar refractivity (Wildman–Crippen MR) is 70.3 cm³/mol. The second-order valence-corrected chi connectivity index (χ2v) is 5.57. The molecule has 0 saturated carbocycles. The highest BCUT2D eigenvalue weighted by molar-refractivity contribution is 7.99.